The zero-order valence-corrected chi connectivity index (χ0v) is 7.97. The predicted molar refractivity (Wildman–Crippen MR) is 50.1 cm³/mol. The van der Waals surface area contributed by atoms with Gasteiger partial charge in [-0.2, -0.15) is 0 Å². The zero-order valence-electron chi connectivity index (χ0n) is 7.97. The van der Waals surface area contributed by atoms with E-state index in [1.54, 1.807) is 0 Å². The Kier molecular flexibility index (Phi) is 3.48. The number of aldehydes is 1. The van der Waals surface area contributed by atoms with Gasteiger partial charge in [0, 0.05) is 6.54 Å². The van der Waals surface area contributed by atoms with Crippen LogP contribution in [0.2, 0.25) is 0 Å². The molecule has 0 fully saturated rings. The largest absolute Gasteiger partial charge is 0.309 e. The van der Waals surface area contributed by atoms with E-state index in [0.29, 0.717) is 0 Å². The van der Waals surface area contributed by atoms with Gasteiger partial charge >= 0.3 is 0 Å². The first-order valence-electron chi connectivity index (χ1n) is 4.55. The second-order valence-corrected chi connectivity index (χ2v) is 3.65. The Hall–Kier alpha value is -0.630. The lowest BCUT2D eigenvalue weighted by Crippen LogP contribution is -2.13. The Labute approximate surface area is 74.2 Å². The molecule has 1 rings (SSSR count). The van der Waals surface area contributed by atoms with Crippen molar-refractivity contribution in [2.45, 2.75) is 25.7 Å². The van der Waals surface area contributed by atoms with Gasteiger partial charge in [0.15, 0.2) is 0 Å². The second-order valence-electron chi connectivity index (χ2n) is 3.65. The maximum Gasteiger partial charge on any atom is 0.145 e. The molecule has 68 valence electrons. The number of nitrogens with zero attached hydrogens (tertiary/aromatic N) is 1. The van der Waals surface area contributed by atoms with E-state index in [9.17, 15) is 4.79 Å². The summed E-state index contributed by atoms with van der Waals surface area (Å²) in [5.74, 6) is 0. The van der Waals surface area contributed by atoms with E-state index < -0.39 is 0 Å². The van der Waals surface area contributed by atoms with Gasteiger partial charge in [-0.25, -0.2) is 0 Å². The van der Waals surface area contributed by atoms with Gasteiger partial charge in [-0.1, -0.05) is 5.57 Å². The molecule has 0 amide bonds. The summed E-state index contributed by atoms with van der Waals surface area (Å²) < 4.78 is 0. The molecule has 0 aromatic carbocycles. The van der Waals surface area contributed by atoms with Crippen LogP contribution in [0.5, 0.6) is 0 Å². The quantitative estimate of drug-likeness (QED) is 0.593. The molecule has 0 N–H and O–H groups in total. The third-order valence-electron chi connectivity index (χ3n) is 2.38. The van der Waals surface area contributed by atoms with Crippen molar-refractivity contribution in [1.82, 2.24) is 4.90 Å². The standard InChI is InChI=1S/C10H17NO/c1-11(2)7-6-9-4-3-5-10(9)8-12/h8H,3-7H2,1-2H3. The lowest BCUT2D eigenvalue weighted by molar-refractivity contribution is -0.105. The van der Waals surface area contributed by atoms with E-state index in [4.69, 9.17) is 0 Å². The molecule has 0 radical (unpaired) electrons. The van der Waals surface area contributed by atoms with Crippen molar-refractivity contribution in [2.75, 3.05) is 20.6 Å². The molecule has 2 heteroatoms. The number of allylic oxidation sites excluding steroid dienone is 1. The van der Waals surface area contributed by atoms with Crippen molar-refractivity contribution >= 4 is 6.29 Å². The normalized spacial score (nSPS) is 17.6. The highest BCUT2D eigenvalue weighted by molar-refractivity contribution is 5.75. The molecule has 0 atom stereocenters. The third kappa shape index (κ3) is 2.45. The molecule has 0 saturated heterocycles. The minimum absolute atomic E-state index is 1.01. The molecule has 0 aliphatic heterocycles. The fraction of sp³-hybridized carbons (Fsp3) is 0.700. The summed E-state index contributed by atoms with van der Waals surface area (Å²) in [6.45, 7) is 1.06. The fourth-order valence-corrected chi connectivity index (χ4v) is 1.62. The highest BCUT2D eigenvalue weighted by Gasteiger charge is 2.13. The summed E-state index contributed by atoms with van der Waals surface area (Å²) in [6, 6.07) is 0. The zero-order chi connectivity index (χ0) is 8.97. The van der Waals surface area contributed by atoms with E-state index in [2.05, 4.69) is 19.0 Å². The van der Waals surface area contributed by atoms with Gasteiger partial charge in [0.05, 0.1) is 0 Å². The topological polar surface area (TPSA) is 20.3 Å². The molecule has 0 heterocycles. The van der Waals surface area contributed by atoms with Crippen molar-refractivity contribution in [1.29, 1.82) is 0 Å². The highest BCUT2D eigenvalue weighted by Crippen LogP contribution is 2.26. The van der Waals surface area contributed by atoms with Crippen LogP contribution in [0.1, 0.15) is 25.7 Å². The molecule has 0 unspecified atom stereocenters. The summed E-state index contributed by atoms with van der Waals surface area (Å²) >= 11 is 0. The summed E-state index contributed by atoms with van der Waals surface area (Å²) in [6.07, 6.45) is 5.43. The van der Waals surface area contributed by atoms with Crippen molar-refractivity contribution in [3.8, 4) is 0 Å². The van der Waals surface area contributed by atoms with Crippen LogP contribution in [-0.4, -0.2) is 31.8 Å². The van der Waals surface area contributed by atoms with Crippen LogP contribution in [0, 0.1) is 0 Å². The molecular weight excluding hydrogens is 150 g/mol. The van der Waals surface area contributed by atoms with Gasteiger partial charge < -0.3 is 4.90 Å². The lowest BCUT2D eigenvalue weighted by Gasteiger charge is -2.09. The van der Waals surface area contributed by atoms with E-state index in [-0.39, 0.29) is 0 Å². The van der Waals surface area contributed by atoms with E-state index in [1.807, 2.05) is 0 Å². The minimum atomic E-state index is 1.01. The predicted octanol–water partition coefficient (Wildman–Crippen LogP) is 1.62. The Morgan fingerprint density at radius 1 is 1.42 bits per heavy atom. The van der Waals surface area contributed by atoms with Crippen LogP contribution in [0.4, 0.5) is 0 Å². The van der Waals surface area contributed by atoms with Gasteiger partial charge in [0.25, 0.3) is 0 Å². The molecule has 12 heavy (non-hydrogen) atoms. The Morgan fingerprint density at radius 3 is 2.75 bits per heavy atom. The van der Waals surface area contributed by atoms with Crippen molar-refractivity contribution in [3.05, 3.63) is 11.1 Å². The average Bonchev–Trinajstić information content (AvgIpc) is 2.47. The van der Waals surface area contributed by atoms with Crippen LogP contribution in [0.15, 0.2) is 11.1 Å². The molecule has 1 aliphatic carbocycles. The van der Waals surface area contributed by atoms with Gasteiger partial charge in [0.1, 0.15) is 6.29 Å². The molecular formula is C10H17NO. The molecule has 0 saturated carbocycles. The number of hydrogen-bond acceptors (Lipinski definition) is 2. The van der Waals surface area contributed by atoms with Gasteiger partial charge in [-0.05, 0) is 45.4 Å². The van der Waals surface area contributed by atoms with Crippen molar-refractivity contribution in [3.63, 3.8) is 0 Å². The fourth-order valence-electron chi connectivity index (χ4n) is 1.62. The van der Waals surface area contributed by atoms with E-state index in [1.165, 1.54) is 12.0 Å². The van der Waals surface area contributed by atoms with E-state index in [0.717, 1.165) is 37.7 Å². The molecule has 0 aromatic heterocycles. The molecule has 2 nitrogen and oxygen atoms in total. The maximum absolute atomic E-state index is 10.6. The van der Waals surface area contributed by atoms with Gasteiger partial charge in [0.2, 0.25) is 0 Å². The Morgan fingerprint density at radius 2 is 2.17 bits per heavy atom. The Bertz CT molecular complexity index is 194. The summed E-state index contributed by atoms with van der Waals surface area (Å²) in [5, 5.41) is 0. The first-order valence-corrected chi connectivity index (χ1v) is 4.55. The minimum Gasteiger partial charge on any atom is -0.309 e. The van der Waals surface area contributed by atoms with Crippen LogP contribution >= 0.6 is 0 Å². The smallest absolute Gasteiger partial charge is 0.145 e. The SMILES string of the molecule is CN(C)CCC1=C(C=O)CCC1. The van der Waals surface area contributed by atoms with Crippen molar-refractivity contribution in [2.24, 2.45) is 0 Å². The first kappa shape index (κ1) is 9.46. The van der Waals surface area contributed by atoms with Gasteiger partial charge in [-0.15, -0.1) is 0 Å². The second kappa shape index (κ2) is 4.41. The molecule has 0 aromatic rings. The summed E-state index contributed by atoms with van der Waals surface area (Å²) in [5.41, 5.74) is 2.45. The van der Waals surface area contributed by atoms with Crippen LogP contribution < -0.4 is 0 Å². The molecule has 1 aliphatic rings. The lowest BCUT2D eigenvalue weighted by atomic mass is 10.1. The van der Waals surface area contributed by atoms with Crippen LogP contribution in [0.3, 0.4) is 0 Å². The van der Waals surface area contributed by atoms with Gasteiger partial charge in [-0.3, -0.25) is 4.79 Å². The molecule has 0 spiro atoms. The van der Waals surface area contributed by atoms with Crippen LogP contribution in [-0.2, 0) is 4.79 Å². The monoisotopic (exact) mass is 167 g/mol. The van der Waals surface area contributed by atoms with Crippen molar-refractivity contribution < 1.29 is 4.79 Å². The third-order valence-corrected chi connectivity index (χ3v) is 2.38. The van der Waals surface area contributed by atoms with Crippen LogP contribution in [0.25, 0.3) is 0 Å². The molecule has 0 bridgehead atoms. The maximum atomic E-state index is 10.6. The number of hydrogen-bond donors (Lipinski definition) is 0. The number of rotatable bonds is 4. The average molecular weight is 167 g/mol. The first-order chi connectivity index (χ1) is 5.74. The highest BCUT2D eigenvalue weighted by atomic mass is 16.1. The summed E-state index contributed by atoms with van der Waals surface area (Å²) in [4.78, 5) is 12.8. The Balaban J connectivity index is 2.44. The summed E-state index contributed by atoms with van der Waals surface area (Å²) in [7, 11) is 4.13. The van der Waals surface area contributed by atoms with E-state index >= 15 is 0 Å². The number of carbonyl (C=O) groups is 1. The number of carbonyl (C=O) groups excluding carboxylic acids is 1.